The average Bonchev–Trinajstić information content (AvgIpc) is 2.49. The fraction of sp³-hybridized carbons (Fsp3) is 0.684. The first kappa shape index (κ1) is 14.1. The van der Waals surface area contributed by atoms with Crippen molar-refractivity contribution in [3.8, 4) is 0 Å². The standard InChI is InChI=1S/C19H29N/c1-15-10-12-17(13-11-15)19(20)14-6-5-9-18(19)16-7-3-2-4-8-16/h10-13,16,18H,2-9,14,20H2,1H3. The van der Waals surface area contributed by atoms with Crippen LogP contribution in [0.15, 0.2) is 24.3 Å². The van der Waals surface area contributed by atoms with Crippen molar-refractivity contribution in [2.45, 2.75) is 70.3 Å². The molecule has 1 nitrogen and oxygen atoms in total. The van der Waals surface area contributed by atoms with Crippen LogP contribution in [0.5, 0.6) is 0 Å². The van der Waals surface area contributed by atoms with Gasteiger partial charge in [0, 0.05) is 5.54 Å². The van der Waals surface area contributed by atoms with Crippen LogP contribution < -0.4 is 5.73 Å². The Morgan fingerprint density at radius 2 is 1.55 bits per heavy atom. The minimum absolute atomic E-state index is 0.0616. The number of benzene rings is 1. The summed E-state index contributed by atoms with van der Waals surface area (Å²) in [5, 5.41) is 0. The molecule has 0 amide bonds. The maximum Gasteiger partial charge on any atom is 0.0440 e. The molecular weight excluding hydrogens is 242 g/mol. The highest BCUT2D eigenvalue weighted by molar-refractivity contribution is 5.29. The van der Waals surface area contributed by atoms with Gasteiger partial charge >= 0.3 is 0 Å². The Labute approximate surface area is 124 Å². The predicted molar refractivity (Wildman–Crippen MR) is 85.6 cm³/mol. The zero-order valence-electron chi connectivity index (χ0n) is 12.9. The lowest BCUT2D eigenvalue weighted by Crippen LogP contribution is -2.49. The van der Waals surface area contributed by atoms with Crippen molar-refractivity contribution >= 4 is 0 Å². The van der Waals surface area contributed by atoms with Gasteiger partial charge in [-0.1, -0.05) is 74.8 Å². The molecule has 1 aromatic rings. The van der Waals surface area contributed by atoms with Crippen LogP contribution in [-0.4, -0.2) is 0 Å². The molecule has 1 aromatic carbocycles. The molecule has 0 saturated heterocycles. The molecule has 2 atom stereocenters. The van der Waals surface area contributed by atoms with E-state index in [-0.39, 0.29) is 5.54 Å². The Kier molecular flexibility index (Phi) is 4.16. The fourth-order valence-electron chi connectivity index (χ4n) is 4.64. The summed E-state index contributed by atoms with van der Waals surface area (Å²) in [7, 11) is 0. The molecule has 2 fully saturated rings. The van der Waals surface area contributed by atoms with Gasteiger partial charge < -0.3 is 5.73 Å². The smallest absolute Gasteiger partial charge is 0.0440 e. The Morgan fingerprint density at radius 3 is 2.25 bits per heavy atom. The summed E-state index contributed by atoms with van der Waals surface area (Å²) in [5.74, 6) is 1.58. The first-order chi connectivity index (χ1) is 9.70. The second-order valence-corrected chi connectivity index (χ2v) is 7.16. The number of hydrogen-bond acceptors (Lipinski definition) is 1. The van der Waals surface area contributed by atoms with Crippen LogP contribution in [0, 0.1) is 18.8 Å². The third-order valence-corrected chi connectivity index (χ3v) is 5.83. The van der Waals surface area contributed by atoms with E-state index in [2.05, 4.69) is 31.2 Å². The predicted octanol–water partition coefficient (Wildman–Crippen LogP) is 4.92. The number of rotatable bonds is 2. The molecular formula is C19H29N. The van der Waals surface area contributed by atoms with E-state index in [1.54, 1.807) is 0 Å². The first-order valence-corrected chi connectivity index (χ1v) is 8.56. The van der Waals surface area contributed by atoms with Gasteiger partial charge in [-0.15, -0.1) is 0 Å². The molecule has 1 heteroatoms. The second kappa shape index (κ2) is 5.89. The van der Waals surface area contributed by atoms with Gasteiger partial charge in [-0.2, -0.15) is 0 Å². The molecule has 0 heterocycles. The lowest BCUT2D eigenvalue weighted by atomic mass is 9.62. The fourth-order valence-corrected chi connectivity index (χ4v) is 4.64. The van der Waals surface area contributed by atoms with Crippen LogP contribution in [0.25, 0.3) is 0 Å². The molecule has 0 spiro atoms. The van der Waals surface area contributed by atoms with Crippen molar-refractivity contribution in [1.82, 2.24) is 0 Å². The van der Waals surface area contributed by atoms with E-state index in [0.717, 1.165) is 5.92 Å². The summed E-state index contributed by atoms with van der Waals surface area (Å²) >= 11 is 0. The number of aryl methyl sites for hydroxylation is 1. The van der Waals surface area contributed by atoms with Gasteiger partial charge in [0.2, 0.25) is 0 Å². The Hall–Kier alpha value is -0.820. The zero-order valence-corrected chi connectivity index (χ0v) is 12.9. The molecule has 2 aliphatic rings. The van der Waals surface area contributed by atoms with Crippen molar-refractivity contribution in [2.75, 3.05) is 0 Å². The minimum Gasteiger partial charge on any atom is -0.321 e. The molecule has 0 radical (unpaired) electrons. The van der Waals surface area contributed by atoms with Crippen LogP contribution in [0.4, 0.5) is 0 Å². The molecule has 2 saturated carbocycles. The van der Waals surface area contributed by atoms with Gasteiger partial charge in [0.1, 0.15) is 0 Å². The summed E-state index contributed by atoms with van der Waals surface area (Å²) in [6.45, 7) is 2.16. The molecule has 0 aromatic heterocycles. The molecule has 110 valence electrons. The van der Waals surface area contributed by atoms with E-state index in [4.69, 9.17) is 5.73 Å². The summed E-state index contributed by atoms with van der Waals surface area (Å²) < 4.78 is 0. The lowest BCUT2D eigenvalue weighted by molar-refractivity contribution is 0.0986. The third-order valence-electron chi connectivity index (χ3n) is 5.83. The quantitative estimate of drug-likeness (QED) is 0.811. The van der Waals surface area contributed by atoms with Crippen molar-refractivity contribution < 1.29 is 0 Å². The highest BCUT2D eigenvalue weighted by Gasteiger charge is 2.42. The van der Waals surface area contributed by atoms with Crippen LogP contribution >= 0.6 is 0 Å². The van der Waals surface area contributed by atoms with E-state index in [9.17, 15) is 0 Å². The summed E-state index contributed by atoms with van der Waals surface area (Å²) in [4.78, 5) is 0. The van der Waals surface area contributed by atoms with Crippen molar-refractivity contribution in [1.29, 1.82) is 0 Å². The third kappa shape index (κ3) is 2.65. The van der Waals surface area contributed by atoms with Gasteiger partial charge in [0.15, 0.2) is 0 Å². The molecule has 0 aliphatic heterocycles. The Bertz CT molecular complexity index is 430. The van der Waals surface area contributed by atoms with Gasteiger partial charge in [-0.25, -0.2) is 0 Å². The maximum absolute atomic E-state index is 7.01. The summed E-state index contributed by atoms with van der Waals surface area (Å²) in [6, 6.07) is 9.04. The van der Waals surface area contributed by atoms with E-state index in [1.807, 2.05) is 0 Å². The Morgan fingerprint density at radius 1 is 0.900 bits per heavy atom. The number of nitrogens with two attached hydrogens (primary N) is 1. The topological polar surface area (TPSA) is 26.0 Å². The van der Waals surface area contributed by atoms with E-state index in [1.165, 1.54) is 68.9 Å². The zero-order chi connectivity index (χ0) is 14.0. The number of hydrogen-bond donors (Lipinski definition) is 1. The van der Waals surface area contributed by atoms with Crippen molar-refractivity contribution in [2.24, 2.45) is 17.6 Å². The van der Waals surface area contributed by atoms with Gasteiger partial charge in [0.25, 0.3) is 0 Å². The van der Waals surface area contributed by atoms with E-state index < -0.39 is 0 Å². The largest absolute Gasteiger partial charge is 0.321 e. The van der Waals surface area contributed by atoms with Crippen LogP contribution in [0.3, 0.4) is 0 Å². The second-order valence-electron chi connectivity index (χ2n) is 7.16. The lowest BCUT2D eigenvalue weighted by Gasteiger charge is -2.47. The molecule has 2 unspecified atom stereocenters. The normalized spacial score (nSPS) is 32.2. The first-order valence-electron chi connectivity index (χ1n) is 8.56. The monoisotopic (exact) mass is 271 g/mol. The van der Waals surface area contributed by atoms with Crippen LogP contribution in [0.2, 0.25) is 0 Å². The van der Waals surface area contributed by atoms with Crippen molar-refractivity contribution in [3.63, 3.8) is 0 Å². The molecule has 3 rings (SSSR count). The van der Waals surface area contributed by atoms with E-state index in [0.29, 0.717) is 5.92 Å². The summed E-state index contributed by atoms with van der Waals surface area (Å²) in [5.41, 5.74) is 9.67. The average molecular weight is 271 g/mol. The molecule has 0 bridgehead atoms. The molecule has 2 N–H and O–H groups in total. The van der Waals surface area contributed by atoms with Gasteiger partial charge in [-0.3, -0.25) is 0 Å². The SMILES string of the molecule is Cc1ccc(C2(N)CCCCC2C2CCCCC2)cc1. The maximum atomic E-state index is 7.01. The van der Waals surface area contributed by atoms with Crippen LogP contribution in [0.1, 0.15) is 68.9 Å². The van der Waals surface area contributed by atoms with E-state index >= 15 is 0 Å². The van der Waals surface area contributed by atoms with Gasteiger partial charge in [0.05, 0.1) is 0 Å². The van der Waals surface area contributed by atoms with Crippen LogP contribution in [-0.2, 0) is 5.54 Å². The minimum atomic E-state index is -0.0616. The molecule has 2 aliphatic carbocycles. The highest BCUT2D eigenvalue weighted by atomic mass is 14.8. The Balaban J connectivity index is 1.88. The van der Waals surface area contributed by atoms with Crippen molar-refractivity contribution in [3.05, 3.63) is 35.4 Å². The summed E-state index contributed by atoms with van der Waals surface area (Å²) in [6.07, 6.45) is 12.3. The molecule has 20 heavy (non-hydrogen) atoms. The van der Waals surface area contributed by atoms with Gasteiger partial charge in [-0.05, 0) is 37.2 Å². The highest BCUT2D eigenvalue weighted by Crippen LogP contribution is 2.47.